The number of carboxylic acid groups (broad SMARTS) is 1. The van der Waals surface area contributed by atoms with Gasteiger partial charge >= 0.3 is 5.97 Å². The Kier molecular flexibility index (Phi) is 3.68. The maximum Gasteiger partial charge on any atom is 0.327 e. The van der Waals surface area contributed by atoms with Crippen LogP contribution in [0.2, 0.25) is 0 Å². The molecule has 0 saturated carbocycles. The van der Waals surface area contributed by atoms with Gasteiger partial charge in [-0.05, 0) is 30.9 Å². The molecule has 0 aliphatic heterocycles. The highest BCUT2D eigenvalue weighted by atomic mass is 32.1. The molecule has 1 amide bonds. The van der Waals surface area contributed by atoms with Crippen molar-refractivity contribution in [2.45, 2.75) is 31.7 Å². The van der Waals surface area contributed by atoms with Gasteiger partial charge in [-0.1, -0.05) is 0 Å². The van der Waals surface area contributed by atoms with Crippen LogP contribution < -0.4 is 5.32 Å². The molecular weight excluding hydrogens is 250 g/mol. The Bertz CT molecular complexity index is 505. The molecule has 0 saturated heterocycles. The summed E-state index contributed by atoms with van der Waals surface area (Å²) in [6.45, 7) is 0. The van der Waals surface area contributed by atoms with Gasteiger partial charge in [-0.3, -0.25) is 4.79 Å². The molecule has 1 atom stereocenters. The van der Waals surface area contributed by atoms with E-state index in [1.807, 2.05) is 6.07 Å². The second kappa shape index (κ2) is 5.23. The Balaban J connectivity index is 2.06. The molecule has 4 nitrogen and oxygen atoms in total. The summed E-state index contributed by atoms with van der Waals surface area (Å²) in [7, 11) is 0. The molecule has 1 heterocycles. The minimum Gasteiger partial charge on any atom is -0.480 e. The lowest BCUT2D eigenvalue weighted by Gasteiger charge is -2.10. The predicted molar refractivity (Wildman–Crippen MR) is 68.7 cm³/mol. The van der Waals surface area contributed by atoms with Crippen LogP contribution in [0.5, 0.6) is 0 Å². The van der Waals surface area contributed by atoms with Crippen molar-refractivity contribution in [1.29, 1.82) is 0 Å². The van der Waals surface area contributed by atoms with E-state index < -0.39 is 12.0 Å². The van der Waals surface area contributed by atoms with E-state index in [9.17, 15) is 9.59 Å². The maximum atomic E-state index is 11.9. The fraction of sp³-hybridized carbons (Fsp3) is 0.385. The Morgan fingerprint density at radius 2 is 2.33 bits per heavy atom. The summed E-state index contributed by atoms with van der Waals surface area (Å²) in [4.78, 5) is 24.6. The van der Waals surface area contributed by atoms with Gasteiger partial charge in [0.25, 0.3) is 5.91 Å². The highest BCUT2D eigenvalue weighted by Gasteiger charge is 2.23. The normalized spacial score (nSPS) is 14.6. The van der Waals surface area contributed by atoms with Gasteiger partial charge in [-0.15, -0.1) is 23.7 Å². The van der Waals surface area contributed by atoms with Crippen molar-refractivity contribution in [3.63, 3.8) is 0 Å². The number of carbonyl (C=O) groups excluding carboxylic acids is 1. The first-order valence-electron chi connectivity index (χ1n) is 5.70. The largest absolute Gasteiger partial charge is 0.480 e. The van der Waals surface area contributed by atoms with Gasteiger partial charge in [-0.2, -0.15) is 0 Å². The minimum absolute atomic E-state index is 0.00777. The van der Waals surface area contributed by atoms with Crippen molar-refractivity contribution in [1.82, 2.24) is 5.32 Å². The molecule has 1 unspecified atom stereocenters. The number of hydrogen-bond acceptors (Lipinski definition) is 3. The van der Waals surface area contributed by atoms with Gasteiger partial charge in [0.05, 0.1) is 4.88 Å². The van der Waals surface area contributed by atoms with Gasteiger partial charge in [0.15, 0.2) is 0 Å². The molecule has 0 aromatic carbocycles. The number of terminal acetylenes is 1. The number of carbonyl (C=O) groups is 2. The molecule has 0 fully saturated rings. The van der Waals surface area contributed by atoms with Crippen LogP contribution in [0.1, 0.15) is 33.0 Å². The standard InChI is InChI=1S/C13H13NO3S/c1-2-4-9(13(16)17)14-12(15)11-7-8-5-3-6-10(8)18-11/h1,7,9H,3-6H2,(H,14,15)(H,16,17). The Morgan fingerprint density at radius 3 is 2.94 bits per heavy atom. The van der Waals surface area contributed by atoms with Crippen LogP contribution in [0.25, 0.3) is 0 Å². The van der Waals surface area contributed by atoms with E-state index in [4.69, 9.17) is 11.5 Å². The van der Waals surface area contributed by atoms with Crippen LogP contribution in [-0.4, -0.2) is 23.0 Å². The Morgan fingerprint density at radius 1 is 1.56 bits per heavy atom. The smallest absolute Gasteiger partial charge is 0.327 e. The first-order chi connectivity index (χ1) is 8.61. The topological polar surface area (TPSA) is 66.4 Å². The number of rotatable bonds is 4. The average molecular weight is 263 g/mol. The fourth-order valence-electron chi connectivity index (χ4n) is 1.99. The summed E-state index contributed by atoms with van der Waals surface area (Å²) in [5.41, 5.74) is 1.22. The number of carboxylic acids is 1. The molecule has 1 aromatic heterocycles. The lowest BCUT2D eigenvalue weighted by Crippen LogP contribution is -2.40. The lowest BCUT2D eigenvalue weighted by molar-refractivity contribution is -0.139. The first-order valence-corrected chi connectivity index (χ1v) is 6.52. The molecule has 5 heteroatoms. The highest BCUT2D eigenvalue weighted by Crippen LogP contribution is 2.30. The Hall–Kier alpha value is -1.80. The molecule has 1 aliphatic rings. The second-order valence-electron chi connectivity index (χ2n) is 4.19. The summed E-state index contributed by atoms with van der Waals surface area (Å²) >= 11 is 1.45. The van der Waals surface area contributed by atoms with Gasteiger partial charge in [0.2, 0.25) is 0 Å². The third-order valence-corrected chi connectivity index (χ3v) is 4.13. The van der Waals surface area contributed by atoms with Gasteiger partial charge in [0.1, 0.15) is 6.04 Å². The highest BCUT2D eigenvalue weighted by molar-refractivity contribution is 7.14. The summed E-state index contributed by atoms with van der Waals surface area (Å²) < 4.78 is 0. The van der Waals surface area contributed by atoms with Crippen molar-refractivity contribution in [3.8, 4) is 12.3 Å². The zero-order valence-corrected chi connectivity index (χ0v) is 10.5. The number of hydrogen-bond donors (Lipinski definition) is 2. The zero-order chi connectivity index (χ0) is 13.1. The predicted octanol–water partition coefficient (Wildman–Crippen LogP) is 1.44. The van der Waals surface area contributed by atoms with Crippen molar-refractivity contribution < 1.29 is 14.7 Å². The molecule has 2 N–H and O–H groups in total. The number of thiophene rings is 1. The molecule has 0 radical (unpaired) electrons. The van der Waals surface area contributed by atoms with Crippen LogP contribution in [0.4, 0.5) is 0 Å². The quantitative estimate of drug-likeness (QED) is 0.808. The number of fused-ring (bicyclic) bond motifs is 1. The van der Waals surface area contributed by atoms with Gasteiger partial charge < -0.3 is 10.4 Å². The van der Waals surface area contributed by atoms with E-state index in [0.29, 0.717) is 4.88 Å². The number of amides is 1. The van der Waals surface area contributed by atoms with Crippen LogP contribution in [-0.2, 0) is 17.6 Å². The van der Waals surface area contributed by atoms with Gasteiger partial charge in [-0.25, -0.2) is 4.79 Å². The molecule has 1 aliphatic carbocycles. The van der Waals surface area contributed by atoms with Crippen LogP contribution in [0, 0.1) is 12.3 Å². The first kappa shape index (κ1) is 12.7. The molecular formula is C13H13NO3S. The van der Waals surface area contributed by atoms with E-state index in [1.165, 1.54) is 21.8 Å². The lowest BCUT2D eigenvalue weighted by atomic mass is 10.2. The summed E-state index contributed by atoms with van der Waals surface area (Å²) in [6.07, 6.45) is 8.23. The summed E-state index contributed by atoms with van der Waals surface area (Å²) in [5, 5.41) is 11.4. The molecule has 0 spiro atoms. The van der Waals surface area contributed by atoms with E-state index in [1.54, 1.807) is 0 Å². The maximum absolute atomic E-state index is 11.9. The van der Waals surface area contributed by atoms with E-state index in [-0.39, 0.29) is 12.3 Å². The number of aliphatic carboxylic acids is 1. The third-order valence-electron chi connectivity index (χ3n) is 2.90. The minimum atomic E-state index is -1.11. The number of aryl methyl sites for hydroxylation is 2. The average Bonchev–Trinajstić information content (AvgIpc) is 2.87. The summed E-state index contributed by atoms with van der Waals surface area (Å²) in [5.74, 6) is 0.797. The third kappa shape index (κ3) is 2.54. The second-order valence-corrected chi connectivity index (χ2v) is 5.32. The molecule has 1 aromatic rings. The van der Waals surface area contributed by atoms with Crippen molar-refractivity contribution >= 4 is 23.2 Å². The van der Waals surface area contributed by atoms with Crippen LogP contribution in [0.3, 0.4) is 0 Å². The van der Waals surface area contributed by atoms with Crippen molar-refractivity contribution in [2.75, 3.05) is 0 Å². The Labute approximate surface area is 109 Å². The SMILES string of the molecule is C#CCC(NC(=O)c1cc2c(s1)CCC2)C(=O)O. The van der Waals surface area contributed by atoms with Crippen molar-refractivity contribution in [2.24, 2.45) is 0 Å². The number of nitrogens with one attached hydrogen (secondary N) is 1. The molecule has 94 valence electrons. The van der Waals surface area contributed by atoms with E-state index >= 15 is 0 Å². The van der Waals surface area contributed by atoms with Gasteiger partial charge in [0, 0.05) is 11.3 Å². The fourth-order valence-corrected chi connectivity index (χ4v) is 3.14. The zero-order valence-electron chi connectivity index (χ0n) is 9.73. The monoisotopic (exact) mass is 263 g/mol. The van der Waals surface area contributed by atoms with Crippen molar-refractivity contribution in [3.05, 3.63) is 21.4 Å². The summed E-state index contributed by atoms with van der Waals surface area (Å²) in [6, 6.07) is 0.844. The molecule has 18 heavy (non-hydrogen) atoms. The van der Waals surface area contributed by atoms with E-state index in [0.717, 1.165) is 19.3 Å². The van der Waals surface area contributed by atoms with Crippen LogP contribution in [0.15, 0.2) is 6.07 Å². The van der Waals surface area contributed by atoms with E-state index in [2.05, 4.69) is 11.2 Å². The van der Waals surface area contributed by atoms with Crippen LogP contribution >= 0.6 is 11.3 Å². The molecule has 0 bridgehead atoms. The molecule has 2 rings (SSSR count).